The summed E-state index contributed by atoms with van der Waals surface area (Å²) >= 11 is 0. The van der Waals surface area contributed by atoms with E-state index in [0.717, 1.165) is 4.90 Å². The van der Waals surface area contributed by atoms with E-state index >= 15 is 0 Å². The predicted molar refractivity (Wildman–Crippen MR) is 113 cm³/mol. The highest BCUT2D eigenvalue weighted by Crippen LogP contribution is 2.43. The van der Waals surface area contributed by atoms with E-state index in [-0.39, 0.29) is 31.5 Å². The fourth-order valence-electron chi connectivity index (χ4n) is 3.85. The summed E-state index contributed by atoms with van der Waals surface area (Å²) in [5.74, 6) is -3.09. The first-order valence-corrected chi connectivity index (χ1v) is 10.7. The lowest BCUT2D eigenvalue weighted by atomic mass is 9.95. The Hall–Kier alpha value is -3.68. The Morgan fingerprint density at radius 3 is 2.33 bits per heavy atom. The van der Waals surface area contributed by atoms with Gasteiger partial charge in [0.25, 0.3) is 17.7 Å². The number of nitrogens with zero attached hydrogens (tertiary/aromatic N) is 4. The summed E-state index contributed by atoms with van der Waals surface area (Å²) in [7, 11) is 0. The average Bonchev–Trinajstić information content (AvgIpc) is 3.30. The molecule has 3 heterocycles. The van der Waals surface area contributed by atoms with Crippen LogP contribution in [0.2, 0.25) is 0 Å². The van der Waals surface area contributed by atoms with E-state index in [2.05, 4.69) is 15.2 Å². The van der Waals surface area contributed by atoms with Gasteiger partial charge in [-0.05, 0) is 37.5 Å². The van der Waals surface area contributed by atoms with Crippen LogP contribution < -0.4 is 10.6 Å². The number of para-hydroxylation sites is 1. The maximum Gasteiger partial charge on any atom is 0.426 e. The monoisotopic (exact) mass is 515 g/mol. The normalized spacial score (nSPS) is 19.8. The summed E-state index contributed by atoms with van der Waals surface area (Å²) in [6, 6.07) is 8.22. The van der Waals surface area contributed by atoms with Crippen molar-refractivity contribution < 1.29 is 40.7 Å². The number of rotatable bonds is 1. The maximum absolute atomic E-state index is 13.9. The van der Waals surface area contributed by atoms with Crippen molar-refractivity contribution in [3.05, 3.63) is 53.5 Å². The van der Waals surface area contributed by atoms with Gasteiger partial charge >= 0.3 is 12.4 Å². The lowest BCUT2D eigenvalue weighted by Gasteiger charge is -2.27. The minimum atomic E-state index is -5.19. The molecule has 0 radical (unpaired) electrons. The molecule has 0 unspecified atom stereocenters. The summed E-state index contributed by atoms with van der Waals surface area (Å²) in [5, 5.41) is 17.1. The molecule has 0 saturated carbocycles. The van der Waals surface area contributed by atoms with Crippen LogP contribution in [0, 0.1) is 0 Å². The van der Waals surface area contributed by atoms with Gasteiger partial charge in [0.15, 0.2) is 5.69 Å². The molecule has 0 fully saturated rings. The minimum absolute atomic E-state index is 0.0997. The molecule has 2 aromatic heterocycles. The number of anilines is 2. The van der Waals surface area contributed by atoms with E-state index in [1.165, 1.54) is 12.1 Å². The fraction of sp³-hybridized carbons (Fsp3) is 0.364. The molecule has 36 heavy (non-hydrogen) atoms. The zero-order chi connectivity index (χ0) is 26.3. The summed E-state index contributed by atoms with van der Waals surface area (Å²) in [6.45, 7) is -0.121. The Bertz CT molecular complexity index is 1260. The van der Waals surface area contributed by atoms with Gasteiger partial charge < -0.3 is 20.2 Å². The molecule has 0 saturated heterocycles. The van der Waals surface area contributed by atoms with Crippen LogP contribution in [-0.4, -0.2) is 38.9 Å². The number of carbonyl (C=O) groups is 1. The number of alkyl halides is 6. The van der Waals surface area contributed by atoms with Gasteiger partial charge in [-0.1, -0.05) is 24.6 Å². The molecule has 4 bridgehead atoms. The lowest BCUT2D eigenvalue weighted by molar-refractivity contribution is -0.277. The summed E-state index contributed by atoms with van der Waals surface area (Å²) in [6.07, 6.45) is -11.0. The van der Waals surface area contributed by atoms with Gasteiger partial charge in [0, 0.05) is 12.2 Å². The molecule has 3 N–H and O–H groups in total. The summed E-state index contributed by atoms with van der Waals surface area (Å²) < 4.78 is 88.0. The van der Waals surface area contributed by atoms with E-state index in [0.29, 0.717) is 6.07 Å². The van der Waals surface area contributed by atoms with Gasteiger partial charge in [0.1, 0.15) is 5.69 Å². The van der Waals surface area contributed by atoms with Gasteiger partial charge in [-0.3, -0.25) is 4.79 Å². The second-order valence-electron chi connectivity index (χ2n) is 8.19. The van der Waals surface area contributed by atoms with Crippen molar-refractivity contribution in [3.63, 3.8) is 0 Å². The maximum atomic E-state index is 13.9. The molecule has 3 aromatic rings. The van der Waals surface area contributed by atoms with Crippen LogP contribution in [-0.2, 0) is 11.8 Å². The van der Waals surface area contributed by atoms with Crippen molar-refractivity contribution in [2.75, 3.05) is 17.2 Å². The number of carbonyl (C=O) groups excluding carboxylic acids is 1. The number of nitrogens with two attached hydrogens (primary N) is 1. The number of hydrogen-bond donors (Lipinski definition) is 2. The van der Waals surface area contributed by atoms with Crippen LogP contribution in [0.1, 0.15) is 47.6 Å². The Morgan fingerprint density at radius 1 is 1.00 bits per heavy atom. The van der Waals surface area contributed by atoms with Crippen LogP contribution in [0.25, 0.3) is 11.6 Å². The molecule has 1 aliphatic heterocycles. The Balaban J connectivity index is 1.94. The molecule has 1 aromatic carbocycles. The number of aromatic nitrogens is 3. The summed E-state index contributed by atoms with van der Waals surface area (Å²) in [4.78, 5) is 18.2. The van der Waals surface area contributed by atoms with Gasteiger partial charge in [0.05, 0.1) is 11.3 Å². The molecule has 192 valence electrons. The highest BCUT2D eigenvalue weighted by molar-refractivity contribution is 6.06. The second kappa shape index (κ2) is 9.08. The minimum Gasteiger partial charge on any atom is -0.416 e. The first-order valence-electron chi connectivity index (χ1n) is 10.7. The molecule has 14 heteroatoms. The second-order valence-corrected chi connectivity index (χ2v) is 8.19. The molecule has 0 aliphatic carbocycles. The third kappa shape index (κ3) is 4.59. The summed E-state index contributed by atoms with van der Waals surface area (Å²) in [5.41, 5.74) is -1.30. The van der Waals surface area contributed by atoms with Crippen LogP contribution in [0.5, 0.6) is 0 Å². The number of amides is 1. The topological polar surface area (TPSA) is 118 Å². The van der Waals surface area contributed by atoms with E-state index in [1.807, 2.05) is 0 Å². The molecular weight excluding hydrogens is 496 g/mol. The Kier molecular flexibility index (Phi) is 6.41. The zero-order valence-electron chi connectivity index (χ0n) is 18.4. The Morgan fingerprint density at radius 2 is 1.69 bits per heavy atom. The largest absolute Gasteiger partial charge is 0.426 e. The van der Waals surface area contributed by atoms with Crippen molar-refractivity contribution in [2.45, 2.75) is 43.6 Å². The standard InChI is InChI=1S/C22H19F6N5O3/c23-21(24,25)13-11-14(29)16-17-31-32-19(36-17)20(35,22(26,27)28)9-5-2-6-10-33(18(34)15(13)30-16)12-7-3-1-4-8-12/h1,3-4,7-8,11,35H,2,5-6,9-10,29H2/t20-/m1/s1. The number of pyridine rings is 1. The van der Waals surface area contributed by atoms with E-state index in [4.69, 9.17) is 10.2 Å². The average molecular weight is 515 g/mol. The number of hydrogen-bond acceptors (Lipinski definition) is 7. The van der Waals surface area contributed by atoms with Crippen molar-refractivity contribution in [1.29, 1.82) is 0 Å². The first-order chi connectivity index (χ1) is 16.8. The number of nitrogen functional groups attached to an aromatic ring is 1. The van der Waals surface area contributed by atoms with E-state index < -0.39 is 64.7 Å². The molecular formula is C22H19F6N5O3. The van der Waals surface area contributed by atoms with Crippen molar-refractivity contribution in [3.8, 4) is 11.6 Å². The first kappa shape index (κ1) is 25.4. The predicted octanol–water partition coefficient (Wildman–Crippen LogP) is 4.70. The van der Waals surface area contributed by atoms with Crippen LogP contribution in [0.3, 0.4) is 0 Å². The molecule has 0 spiro atoms. The van der Waals surface area contributed by atoms with Crippen LogP contribution in [0.15, 0.2) is 40.8 Å². The number of fused-ring (bicyclic) bond motifs is 5. The molecule has 8 nitrogen and oxygen atoms in total. The third-order valence-electron chi connectivity index (χ3n) is 5.74. The van der Waals surface area contributed by atoms with Crippen molar-refractivity contribution >= 4 is 17.3 Å². The van der Waals surface area contributed by atoms with Gasteiger partial charge in [0.2, 0.25) is 5.60 Å². The van der Waals surface area contributed by atoms with Crippen molar-refractivity contribution in [2.24, 2.45) is 0 Å². The fourth-order valence-corrected chi connectivity index (χ4v) is 3.85. The number of aliphatic hydroxyl groups is 1. The van der Waals surface area contributed by atoms with Crippen LogP contribution >= 0.6 is 0 Å². The molecule has 4 rings (SSSR count). The quantitative estimate of drug-likeness (QED) is 0.451. The molecule has 1 atom stereocenters. The highest BCUT2D eigenvalue weighted by Gasteiger charge is 2.58. The zero-order valence-corrected chi connectivity index (χ0v) is 18.4. The van der Waals surface area contributed by atoms with Crippen LogP contribution in [0.4, 0.5) is 37.7 Å². The van der Waals surface area contributed by atoms with E-state index in [9.17, 15) is 36.2 Å². The lowest BCUT2D eigenvalue weighted by Crippen LogP contribution is -2.42. The van der Waals surface area contributed by atoms with Gasteiger partial charge in [-0.2, -0.15) is 26.3 Å². The van der Waals surface area contributed by atoms with E-state index in [1.54, 1.807) is 18.2 Å². The Labute approximate surface area is 199 Å². The molecule has 1 amide bonds. The molecule has 1 aliphatic rings. The number of halogens is 6. The number of benzene rings is 1. The van der Waals surface area contributed by atoms with Gasteiger partial charge in [-0.15, -0.1) is 10.2 Å². The SMILES string of the molecule is Nc1cc(C(F)(F)F)c2nc1-c1nnc(o1)[C@@](O)(C(F)(F)F)CCCCCN(c1ccccc1)C2=O. The van der Waals surface area contributed by atoms with Gasteiger partial charge in [-0.25, -0.2) is 4.98 Å². The third-order valence-corrected chi connectivity index (χ3v) is 5.74. The highest BCUT2D eigenvalue weighted by atomic mass is 19.4. The smallest absolute Gasteiger partial charge is 0.416 e. The van der Waals surface area contributed by atoms with Crippen molar-refractivity contribution in [1.82, 2.24) is 15.2 Å².